The maximum atomic E-state index is 8.63. The van der Waals surface area contributed by atoms with Crippen molar-refractivity contribution >= 4 is 0 Å². The van der Waals surface area contributed by atoms with Crippen molar-refractivity contribution in [3.05, 3.63) is 24.0 Å². The fourth-order valence-corrected chi connectivity index (χ4v) is 0.148. The Bertz CT molecular complexity index is 108. The zero-order valence-electron chi connectivity index (χ0n) is 9.44. The van der Waals surface area contributed by atoms with Crippen molar-refractivity contribution < 1.29 is 5.11 Å². The zero-order valence-corrected chi connectivity index (χ0v) is 9.44. The molecule has 0 saturated heterocycles. The third-order valence-corrected chi connectivity index (χ3v) is 0.877. The van der Waals surface area contributed by atoms with Crippen LogP contribution in [0.4, 0.5) is 0 Å². The molecule has 0 atom stereocenters. The predicted molar refractivity (Wildman–Crippen MR) is 58.5 cm³/mol. The molecule has 0 fully saturated rings. The van der Waals surface area contributed by atoms with Crippen molar-refractivity contribution in [2.24, 2.45) is 0 Å². The van der Waals surface area contributed by atoms with Crippen LogP contribution in [0.2, 0.25) is 0 Å². The Hall–Kier alpha value is -0.720. The molecule has 0 rings (SSSR count). The minimum atomic E-state index is 0.343. The molecule has 1 N–H and O–H groups in total. The van der Waals surface area contributed by atoms with Crippen molar-refractivity contribution in [2.45, 2.75) is 48.0 Å². The molecule has 1 nitrogen and oxygen atoms in total. The fourth-order valence-electron chi connectivity index (χ4n) is 0.148. The molecule has 1 heteroatoms. The van der Waals surface area contributed by atoms with Crippen LogP contribution < -0.4 is 0 Å². The first kappa shape index (κ1) is 17.4. The van der Waals surface area contributed by atoms with E-state index in [0.717, 1.165) is 5.57 Å². The quantitative estimate of drug-likeness (QED) is 0.457. The van der Waals surface area contributed by atoms with E-state index in [0.29, 0.717) is 5.76 Å². The van der Waals surface area contributed by atoms with E-state index in [1.165, 1.54) is 6.42 Å². The van der Waals surface area contributed by atoms with E-state index in [9.17, 15) is 0 Å². The van der Waals surface area contributed by atoms with E-state index in [4.69, 9.17) is 5.11 Å². The van der Waals surface area contributed by atoms with Gasteiger partial charge in [0.15, 0.2) is 0 Å². The summed E-state index contributed by atoms with van der Waals surface area (Å²) in [6.45, 7) is 15.2. The van der Waals surface area contributed by atoms with Gasteiger partial charge in [-0.25, -0.2) is 0 Å². The van der Waals surface area contributed by atoms with Gasteiger partial charge in [0.05, 0.1) is 5.76 Å². The highest BCUT2D eigenvalue weighted by molar-refractivity contribution is 5.14. The molecule has 0 radical (unpaired) electrons. The van der Waals surface area contributed by atoms with Crippen LogP contribution >= 0.6 is 0 Å². The molecule has 0 aliphatic rings. The first-order valence-corrected chi connectivity index (χ1v) is 4.58. The van der Waals surface area contributed by atoms with Crippen LogP contribution in [0.25, 0.3) is 0 Å². The molecule has 0 amide bonds. The summed E-state index contributed by atoms with van der Waals surface area (Å²) in [7, 11) is 0. The van der Waals surface area contributed by atoms with E-state index < -0.39 is 0 Å². The molecule has 0 unspecified atom stereocenters. The van der Waals surface area contributed by atoms with Crippen molar-refractivity contribution in [3.63, 3.8) is 0 Å². The largest absolute Gasteiger partial charge is 0.512 e. The predicted octanol–water partition coefficient (Wildman–Crippen LogP) is 4.47. The number of hydrogen-bond acceptors (Lipinski definition) is 1. The third-order valence-electron chi connectivity index (χ3n) is 0.877. The van der Waals surface area contributed by atoms with E-state index in [2.05, 4.69) is 20.4 Å². The van der Waals surface area contributed by atoms with Gasteiger partial charge in [-0.1, -0.05) is 46.8 Å². The SMILES string of the molecule is C=C/C(C)=C(\C)O.CC.CCC. The lowest BCUT2D eigenvalue weighted by molar-refractivity contribution is 0.409. The lowest BCUT2D eigenvalue weighted by Gasteiger charge is -1.89. The maximum absolute atomic E-state index is 8.63. The summed E-state index contributed by atoms with van der Waals surface area (Å²) in [6.07, 6.45) is 2.87. The lowest BCUT2D eigenvalue weighted by atomic mass is 10.3. The van der Waals surface area contributed by atoms with E-state index in [1.54, 1.807) is 13.0 Å². The highest BCUT2D eigenvalue weighted by atomic mass is 16.3. The molecule has 0 aromatic rings. The van der Waals surface area contributed by atoms with Gasteiger partial charge >= 0.3 is 0 Å². The number of rotatable bonds is 1. The Kier molecular flexibility index (Phi) is 24.2. The molecule has 0 aliphatic heterocycles. The molecule has 0 aromatic carbocycles. The average Bonchev–Trinajstić information content (AvgIpc) is 2.08. The van der Waals surface area contributed by atoms with Gasteiger partial charge in [0.1, 0.15) is 0 Å². The van der Waals surface area contributed by atoms with Crippen LogP contribution in [-0.2, 0) is 0 Å². The van der Waals surface area contributed by atoms with Crippen molar-refractivity contribution in [1.82, 2.24) is 0 Å². The monoisotopic (exact) mass is 172 g/mol. The Morgan fingerprint density at radius 3 is 1.50 bits per heavy atom. The second-order valence-electron chi connectivity index (χ2n) is 2.18. The van der Waals surface area contributed by atoms with Gasteiger partial charge in [-0.2, -0.15) is 0 Å². The highest BCUT2D eigenvalue weighted by Gasteiger charge is 1.82. The average molecular weight is 172 g/mol. The van der Waals surface area contributed by atoms with E-state index in [1.807, 2.05) is 20.8 Å². The normalized spacial score (nSPS) is 9.50. The standard InChI is InChI=1S/C6H10O.C3H8.C2H6/c1-4-5(2)6(3)7;1-3-2;1-2/h4,7H,1H2,2-3H3;3H2,1-2H3;1-2H3/b6-5+;;. The van der Waals surface area contributed by atoms with E-state index >= 15 is 0 Å². The van der Waals surface area contributed by atoms with E-state index in [-0.39, 0.29) is 0 Å². The highest BCUT2D eigenvalue weighted by Crippen LogP contribution is 1.97. The third kappa shape index (κ3) is 22.8. The molecule has 0 heterocycles. The molecule has 74 valence electrons. The molecular weight excluding hydrogens is 148 g/mol. The van der Waals surface area contributed by atoms with Crippen LogP contribution in [-0.4, -0.2) is 5.11 Å². The summed E-state index contributed by atoms with van der Waals surface area (Å²) in [6, 6.07) is 0. The molecule has 0 spiro atoms. The zero-order chi connectivity index (χ0) is 10.6. The summed E-state index contributed by atoms with van der Waals surface area (Å²) in [4.78, 5) is 0. The fraction of sp³-hybridized carbons (Fsp3) is 0.636. The molecule has 0 bridgehead atoms. The van der Waals surface area contributed by atoms with Crippen LogP contribution in [0.5, 0.6) is 0 Å². The van der Waals surface area contributed by atoms with Crippen molar-refractivity contribution in [2.75, 3.05) is 0 Å². The van der Waals surface area contributed by atoms with Gasteiger partial charge in [0.25, 0.3) is 0 Å². The summed E-state index contributed by atoms with van der Waals surface area (Å²) in [5, 5.41) is 8.63. The first-order valence-electron chi connectivity index (χ1n) is 4.58. The Morgan fingerprint density at radius 2 is 1.50 bits per heavy atom. The van der Waals surface area contributed by atoms with Crippen LogP contribution in [0, 0.1) is 0 Å². The van der Waals surface area contributed by atoms with Gasteiger partial charge < -0.3 is 5.11 Å². The van der Waals surface area contributed by atoms with Gasteiger partial charge in [-0.05, 0) is 19.4 Å². The molecule has 12 heavy (non-hydrogen) atoms. The minimum Gasteiger partial charge on any atom is -0.512 e. The number of aliphatic hydroxyl groups excluding tert-OH is 1. The smallest absolute Gasteiger partial charge is 0.0920 e. The molecular formula is C11H24O. The van der Waals surface area contributed by atoms with Crippen molar-refractivity contribution in [3.8, 4) is 0 Å². The van der Waals surface area contributed by atoms with Gasteiger partial charge in [0, 0.05) is 0 Å². The summed E-state index contributed by atoms with van der Waals surface area (Å²) in [5.74, 6) is 0.343. The summed E-state index contributed by atoms with van der Waals surface area (Å²) < 4.78 is 0. The molecule has 0 aliphatic carbocycles. The minimum absolute atomic E-state index is 0.343. The number of hydrogen-bond donors (Lipinski definition) is 1. The van der Waals surface area contributed by atoms with Crippen LogP contribution in [0.3, 0.4) is 0 Å². The Morgan fingerprint density at radius 1 is 1.25 bits per heavy atom. The van der Waals surface area contributed by atoms with Crippen LogP contribution in [0.1, 0.15) is 48.0 Å². The number of aliphatic hydroxyl groups is 1. The van der Waals surface area contributed by atoms with Crippen molar-refractivity contribution in [1.29, 1.82) is 0 Å². The van der Waals surface area contributed by atoms with Gasteiger partial charge in [0.2, 0.25) is 0 Å². The maximum Gasteiger partial charge on any atom is 0.0920 e. The lowest BCUT2D eigenvalue weighted by Crippen LogP contribution is -1.74. The molecule has 0 aromatic heterocycles. The topological polar surface area (TPSA) is 20.2 Å². The Balaban J connectivity index is -0.000000137. The second-order valence-corrected chi connectivity index (χ2v) is 2.18. The van der Waals surface area contributed by atoms with Gasteiger partial charge in [-0.15, -0.1) is 0 Å². The number of allylic oxidation sites excluding steroid dienone is 3. The second kappa shape index (κ2) is 16.7. The summed E-state index contributed by atoms with van der Waals surface area (Å²) >= 11 is 0. The first-order chi connectivity index (χ1) is 5.59. The summed E-state index contributed by atoms with van der Waals surface area (Å²) in [5.41, 5.74) is 0.833. The van der Waals surface area contributed by atoms with Crippen LogP contribution in [0.15, 0.2) is 24.0 Å². The van der Waals surface area contributed by atoms with Gasteiger partial charge in [-0.3, -0.25) is 0 Å². The molecule has 0 saturated carbocycles. The Labute approximate surface area is 77.8 Å².